The van der Waals surface area contributed by atoms with Crippen molar-refractivity contribution in [2.24, 2.45) is 0 Å². The smallest absolute Gasteiger partial charge is 0.269 e. The van der Waals surface area contributed by atoms with E-state index in [4.69, 9.17) is 14.5 Å². The molecule has 8 heteroatoms. The van der Waals surface area contributed by atoms with Crippen LogP contribution < -0.4 is 10.1 Å². The van der Waals surface area contributed by atoms with Crippen LogP contribution in [0.25, 0.3) is 11.3 Å². The molecule has 1 aliphatic rings. The van der Waals surface area contributed by atoms with Gasteiger partial charge < -0.3 is 24.7 Å². The second kappa shape index (κ2) is 9.75. The lowest BCUT2D eigenvalue weighted by atomic mass is 9.96. The van der Waals surface area contributed by atoms with Gasteiger partial charge in [0.25, 0.3) is 5.91 Å². The fourth-order valence-corrected chi connectivity index (χ4v) is 3.56. The molecule has 0 radical (unpaired) electrons. The lowest BCUT2D eigenvalue weighted by molar-refractivity contribution is -0.138. The van der Waals surface area contributed by atoms with Crippen molar-refractivity contribution in [3.8, 4) is 17.0 Å². The van der Waals surface area contributed by atoms with Gasteiger partial charge in [-0.15, -0.1) is 0 Å². The van der Waals surface area contributed by atoms with Gasteiger partial charge in [0.15, 0.2) is 0 Å². The van der Waals surface area contributed by atoms with Gasteiger partial charge >= 0.3 is 0 Å². The maximum atomic E-state index is 12.4. The molecule has 2 heterocycles. The number of carbonyl (C=O) groups excluding carboxylic acids is 2. The van der Waals surface area contributed by atoms with Crippen LogP contribution in [0.2, 0.25) is 0 Å². The third-order valence-corrected chi connectivity index (χ3v) is 5.31. The topological polar surface area (TPSA) is 96.6 Å². The molecule has 0 spiro atoms. The third kappa shape index (κ3) is 4.99. The monoisotopic (exact) mass is 414 g/mol. The van der Waals surface area contributed by atoms with E-state index in [1.807, 2.05) is 43.0 Å². The minimum Gasteiger partial charge on any atom is -0.497 e. The molecule has 0 aliphatic carbocycles. The molecule has 1 saturated heterocycles. The van der Waals surface area contributed by atoms with Crippen molar-refractivity contribution >= 4 is 11.8 Å². The number of H-pyrrole nitrogens is 1. The molecule has 8 nitrogen and oxygen atoms in total. The highest BCUT2D eigenvalue weighted by molar-refractivity contribution is 5.98. The number of imidazole rings is 1. The Hall–Kier alpha value is -2.87. The van der Waals surface area contributed by atoms with Gasteiger partial charge in [0.05, 0.1) is 13.2 Å². The van der Waals surface area contributed by atoms with E-state index >= 15 is 0 Å². The number of amides is 2. The summed E-state index contributed by atoms with van der Waals surface area (Å²) < 4.78 is 10.6. The van der Waals surface area contributed by atoms with Crippen molar-refractivity contribution in [3.05, 3.63) is 35.8 Å². The molecule has 1 fully saturated rings. The molecular weight excluding hydrogens is 384 g/mol. The lowest BCUT2D eigenvalue weighted by Crippen LogP contribution is -2.40. The summed E-state index contributed by atoms with van der Waals surface area (Å²) in [4.78, 5) is 34.5. The number of ether oxygens (including phenoxy) is 2. The standard InChI is InChI=1S/C22H30N4O4/c1-14(2)30-13-18(27)26-11-9-16(10-12-26)21-24-19(20(25-21)22(28)23-3)15-5-7-17(29-4)8-6-15/h5-8,14,16H,9-13H2,1-4H3,(H,23,28)(H,24,25). The molecule has 1 aliphatic heterocycles. The maximum absolute atomic E-state index is 12.4. The Labute approximate surface area is 177 Å². The quantitative estimate of drug-likeness (QED) is 0.726. The van der Waals surface area contributed by atoms with Crippen molar-refractivity contribution in [2.45, 2.75) is 38.7 Å². The van der Waals surface area contributed by atoms with Gasteiger partial charge in [0.1, 0.15) is 29.6 Å². The molecule has 1 aromatic carbocycles. The Morgan fingerprint density at radius 3 is 2.47 bits per heavy atom. The fourth-order valence-electron chi connectivity index (χ4n) is 3.56. The lowest BCUT2D eigenvalue weighted by Gasteiger charge is -2.31. The van der Waals surface area contributed by atoms with E-state index < -0.39 is 0 Å². The molecule has 2 aromatic rings. The molecule has 2 N–H and O–H groups in total. The van der Waals surface area contributed by atoms with Crippen LogP contribution >= 0.6 is 0 Å². The average Bonchev–Trinajstić information content (AvgIpc) is 3.22. The molecule has 1 aromatic heterocycles. The minimum atomic E-state index is -0.210. The fraction of sp³-hybridized carbons (Fsp3) is 0.500. The third-order valence-electron chi connectivity index (χ3n) is 5.31. The first kappa shape index (κ1) is 21.8. The summed E-state index contributed by atoms with van der Waals surface area (Å²) in [5.41, 5.74) is 1.91. The number of aromatic nitrogens is 2. The van der Waals surface area contributed by atoms with Gasteiger partial charge in [-0.25, -0.2) is 4.98 Å². The van der Waals surface area contributed by atoms with Crippen LogP contribution in [-0.2, 0) is 9.53 Å². The first-order chi connectivity index (χ1) is 14.4. The number of aromatic amines is 1. The van der Waals surface area contributed by atoms with Crippen LogP contribution in [0, 0.1) is 0 Å². The van der Waals surface area contributed by atoms with E-state index in [0.29, 0.717) is 24.5 Å². The summed E-state index contributed by atoms with van der Waals surface area (Å²) in [6, 6.07) is 7.48. The largest absolute Gasteiger partial charge is 0.497 e. The molecule has 3 rings (SSSR count). The van der Waals surface area contributed by atoms with E-state index in [9.17, 15) is 9.59 Å². The van der Waals surface area contributed by atoms with Crippen LogP contribution in [0.1, 0.15) is 48.9 Å². The van der Waals surface area contributed by atoms with E-state index in [2.05, 4.69) is 10.3 Å². The number of benzene rings is 1. The van der Waals surface area contributed by atoms with Crippen molar-refractivity contribution in [3.63, 3.8) is 0 Å². The Kier molecular flexibility index (Phi) is 7.10. The van der Waals surface area contributed by atoms with Crippen LogP contribution in [0.15, 0.2) is 24.3 Å². The number of piperidine rings is 1. The van der Waals surface area contributed by atoms with Crippen LogP contribution in [0.4, 0.5) is 0 Å². The van der Waals surface area contributed by atoms with Crippen LogP contribution in [-0.4, -0.2) is 66.6 Å². The van der Waals surface area contributed by atoms with E-state index in [-0.39, 0.29) is 30.4 Å². The van der Waals surface area contributed by atoms with E-state index in [1.54, 1.807) is 14.2 Å². The van der Waals surface area contributed by atoms with Crippen LogP contribution in [0.5, 0.6) is 5.75 Å². The number of carbonyl (C=O) groups is 2. The van der Waals surface area contributed by atoms with E-state index in [1.165, 1.54) is 0 Å². The number of methoxy groups -OCH3 is 1. The zero-order chi connectivity index (χ0) is 21.7. The van der Waals surface area contributed by atoms with Crippen molar-refractivity contribution in [2.75, 3.05) is 33.9 Å². The summed E-state index contributed by atoms with van der Waals surface area (Å²) >= 11 is 0. The van der Waals surface area contributed by atoms with Gasteiger partial charge in [0, 0.05) is 31.6 Å². The van der Waals surface area contributed by atoms with Crippen molar-refractivity contribution < 1.29 is 19.1 Å². The Morgan fingerprint density at radius 2 is 1.90 bits per heavy atom. The first-order valence-electron chi connectivity index (χ1n) is 10.3. The molecular formula is C22H30N4O4. The summed E-state index contributed by atoms with van der Waals surface area (Å²) in [6.07, 6.45) is 1.61. The summed E-state index contributed by atoms with van der Waals surface area (Å²) in [7, 11) is 3.22. The zero-order valence-corrected chi connectivity index (χ0v) is 18.0. The minimum absolute atomic E-state index is 0.0200. The van der Waals surface area contributed by atoms with Gasteiger partial charge in [0.2, 0.25) is 5.91 Å². The number of hydrogen-bond acceptors (Lipinski definition) is 5. The molecule has 0 atom stereocenters. The zero-order valence-electron chi connectivity index (χ0n) is 18.0. The van der Waals surface area contributed by atoms with Gasteiger partial charge in [-0.1, -0.05) is 0 Å². The maximum Gasteiger partial charge on any atom is 0.269 e. The Balaban J connectivity index is 1.74. The van der Waals surface area contributed by atoms with Crippen molar-refractivity contribution in [1.82, 2.24) is 20.2 Å². The molecule has 30 heavy (non-hydrogen) atoms. The highest BCUT2D eigenvalue weighted by Gasteiger charge is 2.28. The second-order valence-corrected chi connectivity index (χ2v) is 7.67. The number of rotatable bonds is 7. The molecule has 0 unspecified atom stereocenters. The second-order valence-electron chi connectivity index (χ2n) is 7.67. The first-order valence-corrected chi connectivity index (χ1v) is 10.3. The molecule has 0 saturated carbocycles. The number of hydrogen-bond donors (Lipinski definition) is 2. The van der Waals surface area contributed by atoms with Gasteiger partial charge in [-0.05, 0) is 51.0 Å². The highest BCUT2D eigenvalue weighted by Crippen LogP contribution is 2.31. The number of nitrogens with one attached hydrogen (secondary N) is 2. The van der Waals surface area contributed by atoms with Gasteiger partial charge in [-0.3, -0.25) is 9.59 Å². The molecule has 162 valence electrons. The van der Waals surface area contributed by atoms with Gasteiger partial charge in [-0.2, -0.15) is 0 Å². The Morgan fingerprint density at radius 1 is 1.23 bits per heavy atom. The van der Waals surface area contributed by atoms with Crippen molar-refractivity contribution in [1.29, 1.82) is 0 Å². The predicted molar refractivity (Wildman–Crippen MR) is 114 cm³/mol. The predicted octanol–water partition coefficient (Wildman–Crippen LogP) is 2.58. The summed E-state index contributed by atoms with van der Waals surface area (Å²) in [5, 5.41) is 2.67. The number of nitrogens with zero attached hydrogens (tertiary/aromatic N) is 2. The average molecular weight is 415 g/mol. The Bertz CT molecular complexity index is 868. The van der Waals surface area contributed by atoms with Crippen LogP contribution in [0.3, 0.4) is 0 Å². The SMILES string of the molecule is CNC(=O)c1[nH]c(C2CCN(C(=O)COC(C)C)CC2)nc1-c1ccc(OC)cc1. The highest BCUT2D eigenvalue weighted by atomic mass is 16.5. The number of likely N-dealkylation sites (tertiary alicyclic amines) is 1. The molecule has 2 amide bonds. The summed E-state index contributed by atoms with van der Waals surface area (Å²) in [5.74, 6) is 1.50. The van der Waals surface area contributed by atoms with E-state index in [0.717, 1.165) is 30.0 Å². The summed E-state index contributed by atoms with van der Waals surface area (Å²) in [6.45, 7) is 5.25. The molecule has 0 bridgehead atoms. The normalized spacial score (nSPS) is 14.8.